The average molecular weight is 171 g/mol. The van der Waals surface area contributed by atoms with E-state index in [-0.39, 0.29) is 6.29 Å². The molecule has 0 radical (unpaired) electrons. The van der Waals surface area contributed by atoms with E-state index in [0.29, 0.717) is 5.75 Å². The summed E-state index contributed by atoms with van der Waals surface area (Å²) in [6.07, 6.45) is 3.79. The lowest BCUT2D eigenvalue weighted by molar-refractivity contribution is -0.0232. The largest absolute Gasteiger partial charge is 0.459 e. The van der Waals surface area contributed by atoms with Crippen LogP contribution in [0.5, 0.6) is 0 Å². The van der Waals surface area contributed by atoms with Gasteiger partial charge in [-0.1, -0.05) is 0 Å². The third kappa shape index (κ3) is 3.19. The van der Waals surface area contributed by atoms with E-state index in [9.17, 15) is 0 Å². The summed E-state index contributed by atoms with van der Waals surface area (Å²) in [5.41, 5.74) is 0. The first-order valence-corrected chi connectivity index (χ1v) is 4.49. The highest BCUT2D eigenvalue weighted by molar-refractivity contribution is 7.99. The minimum atomic E-state index is -0.124. The first kappa shape index (κ1) is 8.28. The molecular formula is C7H9NO2S. The summed E-state index contributed by atoms with van der Waals surface area (Å²) in [7, 11) is 0. The van der Waals surface area contributed by atoms with Crippen molar-refractivity contribution in [2.45, 2.75) is 12.7 Å². The molecule has 3 nitrogen and oxygen atoms in total. The molecule has 0 saturated heterocycles. The molecular weight excluding hydrogens is 162 g/mol. The first-order chi connectivity index (χ1) is 5.43. The summed E-state index contributed by atoms with van der Waals surface area (Å²) in [4.78, 5) is 0. The van der Waals surface area contributed by atoms with E-state index in [1.54, 1.807) is 24.3 Å². The normalized spacial score (nSPS) is 15.5. The lowest BCUT2D eigenvalue weighted by Gasteiger charge is -2.07. The Labute approximate surface area is 70.0 Å². The van der Waals surface area contributed by atoms with Crippen LogP contribution in [0, 0.1) is 11.3 Å². The summed E-state index contributed by atoms with van der Waals surface area (Å²) in [6.45, 7) is 0. The maximum atomic E-state index is 8.21. The molecule has 0 unspecified atom stereocenters. The van der Waals surface area contributed by atoms with Gasteiger partial charge < -0.3 is 9.47 Å². The predicted octanol–water partition coefficient (Wildman–Crippen LogP) is 1.48. The molecule has 0 aromatic carbocycles. The number of rotatable bonds is 4. The van der Waals surface area contributed by atoms with Crippen LogP contribution in [0.3, 0.4) is 0 Å². The topological polar surface area (TPSA) is 42.2 Å². The molecule has 0 atom stereocenters. The molecule has 0 spiro atoms. The smallest absolute Gasteiger partial charge is 0.240 e. The Morgan fingerprint density at radius 2 is 2.18 bits per heavy atom. The highest BCUT2D eigenvalue weighted by Gasteiger charge is 2.10. The monoisotopic (exact) mass is 171 g/mol. The van der Waals surface area contributed by atoms with Crippen molar-refractivity contribution in [2.75, 3.05) is 11.5 Å². The molecule has 0 bridgehead atoms. The summed E-state index contributed by atoms with van der Waals surface area (Å²) in [5.74, 6) is 1.44. The van der Waals surface area contributed by atoms with Gasteiger partial charge in [-0.15, -0.1) is 11.8 Å². The van der Waals surface area contributed by atoms with Gasteiger partial charge in [0.2, 0.25) is 6.29 Å². The summed E-state index contributed by atoms with van der Waals surface area (Å²) >= 11 is 1.59. The SMILES string of the molecule is N#CCSCCC1OC=CO1. The van der Waals surface area contributed by atoms with Crippen LogP contribution in [-0.2, 0) is 9.47 Å². The minimum Gasteiger partial charge on any atom is -0.459 e. The van der Waals surface area contributed by atoms with Crippen molar-refractivity contribution in [3.8, 4) is 6.07 Å². The highest BCUT2D eigenvalue weighted by Crippen LogP contribution is 2.12. The van der Waals surface area contributed by atoms with Crippen LogP contribution in [0.2, 0.25) is 0 Å². The molecule has 0 fully saturated rings. The van der Waals surface area contributed by atoms with E-state index in [0.717, 1.165) is 12.2 Å². The van der Waals surface area contributed by atoms with E-state index in [1.807, 2.05) is 0 Å². The molecule has 0 aromatic rings. The quantitative estimate of drug-likeness (QED) is 0.601. The Hall–Kier alpha value is -0.820. The summed E-state index contributed by atoms with van der Waals surface area (Å²) in [5, 5.41) is 8.21. The molecule has 1 aliphatic rings. The lowest BCUT2D eigenvalue weighted by atomic mass is 10.5. The third-order valence-electron chi connectivity index (χ3n) is 1.18. The van der Waals surface area contributed by atoms with Crippen molar-refractivity contribution in [3.05, 3.63) is 12.5 Å². The molecule has 60 valence electrons. The molecule has 1 heterocycles. The van der Waals surface area contributed by atoms with Crippen molar-refractivity contribution in [1.29, 1.82) is 5.26 Å². The molecule has 0 aromatic heterocycles. The third-order valence-corrected chi connectivity index (χ3v) is 2.04. The Morgan fingerprint density at radius 1 is 1.45 bits per heavy atom. The number of nitriles is 1. The van der Waals surface area contributed by atoms with E-state index in [1.165, 1.54) is 0 Å². The maximum Gasteiger partial charge on any atom is 0.240 e. The highest BCUT2D eigenvalue weighted by atomic mass is 32.2. The number of thioether (sulfide) groups is 1. The number of nitrogens with zero attached hydrogens (tertiary/aromatic N) is 1. The lowest BCUT2D eigenvalue weighted by Crippen LogP contribution is -2.08. The molecule has 0 saturated carbocycles. The van der Waals surface area contributed by atoms with E-state index >= 15 is 0 Å². The fraction of sp³-hybridized carbons (Fsp3) is 0.571. The fourth-order valence-corrected chi connectivity index (χ4v) is 1.30. The van der Waals surface area contributed by atoms with Crippen LogP contribution >= 0.6 is 11.8 Å². The van der Waals surface area contributed by atoms with Gasteiger partial charge in [0.1, 0.15) is 12.5 Å². The summed E-state index contributed by atoms with van der Waals surface area (Å²) in [6, 6.07) is 2.06. The van der Waals surface area contributed by atoms with Gasteiger partial charge in [0.25, 0.3) is 0 Å². The average Bonchev–Trinajstić information content (AvgIpc) is 2.50. The molecule has 11 heavy (non-hydrogen) atoms. The van der Waals surface area contributed by atoms with Crippen LogP contribution in [0.1, 0.15) is 6.42 Å². The molecule has 0 amide bonds. The predicted molar refractivity (Wildman–Crippen MR) is 42.7 cm³/mol. The molecule has 0 N–H and O–H groups in total. The second-order valence-corrected chi connectivity index (χ2v) is 3.08. The van der Waals surface area contributed by atoms with Gasteiger partial charge in [0.05, 0.1) is 11.8 Å². The Kier molecular flexibility index (Phi) is 3.70. The van der Waals surface area contributed by atoms with Gasteiger partial charge in [-0.05, 0) is 0 Å². The van der Waals surface area contributed by atoms with Crippen LogP contribution in [-0.4, -0.2) is 17.8 Å². The fourth-order valence-electron chi connectivity index (χ4n) is 0.705. The zero-order valence-electron chi connectivity index (χ0n) is 6.03. The van der Waals surface area contributed by atoms with E-state index in [2.05, 4.69) is 6.07 Å². The number of ether oxygens (including phenoxy) is 2. The van der Waals surface area contributed by atoms with Crippen molar-refractivity contribution >= 4 is 11.8 Å². The maximum absolute atomic E-state index is 8.21. The van der Waals surface area contributed by atoms with Gasteiger partial charge in [0.15, 0.2) is 0 Å². The Bertz CT molecular complexity index is 168. The van der Waals surface area contributed by atoms with E-state index in [4.69, 9.17) is 14.7 Å². The van der Waals surface area contributed by atoms with Crippen LogP contribution in [0.4, 0.5) is 0 Å². The second-order valence-electron chi connectivity index (χ2n) is 1.97. The molecule has 0 aliphatic carbocycles. The standard InChI is InChI=1S/C7H9NO2S/c8-2-6-11-5-1-7-9-3-4-10-7/h3-4,7H,1,5-6H2. The van der Waals surface area contributed by atoms with Crippen molar-refractivity contribution in [3.63, 3.8) is 0 Å². The number of hydrogen-bond acceptors (Lipinski definition) is 4. The summed E-state index contributed by atoms with van der Waals surface area (Å²) < 4.78 is 10.1. The Balaban J connectivity index is 1.92. The Morgan fingerprint density at radius 3 is 2.82 bits per heavy atom. The molecule has 4 heteroatoms. The van der Waals surface area contributed by atoms with Crippen molar-refractivity contribution < 1.29 is 9.47 Å². The van der Waals surface area contributed by atoms with Gasteiger partial charge in [0, 0.05) is 12.2 Å². The molecule has 1 aliphatic heterocycles. The van der Waals surface area contributed by atoms with E-state index < -0.39 is 0 Å². The van der Waals surface area contributed by atoms with Crippen LogP contribution in [0.15, 0.2) is 12.5 Å². The second kappa shape index (κ2) is 4.91. The zero-order chi connectivity index (χ0) is 7.94. The van der Waals surface area contributed by atoms with Crippen molar-refractivity contribution in [2.24, 2.45) is 0 Å². The minimum absolute atomic E-state index is 0.124. The van der Waals surface area contributed by atoms with Gasteiger partial charge in [-0.2, -0.15) is 5.26 Å². The van der Waals surface area contributed by atoms with Gasteiger partial charge >= 0.3 is 0 Å². The van der Waals surface area contributed by atoms with Crippen molar-refractivity contribution in [1.82, 2.24) is 0 Å². The van der Waals surface area contributed by atoms with Gasteiger partial charge in [-0.25, -0.2) is 0 Å². The van der Waals surface area contributed by atoms with Gasteiger partial charge in [-0.3, -0.25) is 0 Å². The van der Waals surface area contributed by atoms with Crippen LogP contribution in [0.25, 0.3) is 0 Å². The number of hydrogen-bond donors (Lipinski definition) is 0. The van der Waals surface area contributed by atoms with Crippen LogP contribution < -0.4 is 0 Å². The molecule has 1 rings (SSSR count). The zero-order valence-corrected chi connectivity index (χ0v) is 6.84. The first-order valence-electron chi connectivity index (χ1n) is 3.34.